The Hall–Kier alpha value is -1.91. The van der Waals surface area contributed by atoms with Gasteiger partial charge in [-0.25, -0.2) is 0 Å². The van der Waals surface area contributed by atoms with Crippen LogP contribution in [0, 0.1) is 6.92 Å². The van der Waals surface area contributed by atoms with Gasteiger partial charge in [-0.3, -0.25) is 0 Å². The van der Waals surface area contributed by atoms with Crippen LogP contribution in [-0.4, -0.2) is 11.0 Å². The molecule has 4 nitrogen and oxygen atoms in total. The molecule has 0 saturated carbocycles. The predicted octanol–water partition coefficient (Wildman–Crippen LogP) is 4.19. The number of halogens is 2. The van der Waals surface area contributed by atoms with Gasteiger partial charge in [0.05, 0.1) is 5.56 Å². The van der Waals surface area contributed by atoms with Gasteiger partial charge in [0.2, 0.25) is 0 Å². The van der Waals surface area contributed by atoms with Gasteiger partial charge >= 0.3 is 0 Å². The summed E-state index contributed by atoms with van der Waals surface area (Å²) in [6, 6.07) is 10.2. The molecule has 0 saturated heterocycles. The van der Waals surface area contributed by atoms with Crippen LogP contribution in [-0.2, 0) is 0 Å². The molecule has 0 bridgehead atoms. The summed E-state index contributed by atoms with van der Waals surface area (Å²) < 4.78 is 5.78. The minimum atomic E-state index is -0.0749. The molecule has 0 radical (unpaired) electrons. The molecule has 0 unspecified atom stereocenters. The predicted molar refractivity (Wildman–Crippen MR) is 80.2 cm³/mol. The van der Waals surface area contributed by atoms with Crippen molar-refractivity contribution in [1.29, 1.82) is 0 Å². The zero-order valence-electron chi connectivity index (χ0n) is 10.6. The molecule has 0 fully saturated rings. The first-order valence-corrected chi connectivity index (χ1v) is 6.48. The maximum absolute atomic E-state index is 8.81. The van der Waals surface area contributed by atoms with E-state index in [0.717, 1.165) is 5.56 Å². The van der Waals surface area contributed by atoms with Crippen molar-refractivity contribution in [2.24, 2.45) is 10.9 Å². The van der Waals surface area contributed by atoms with Crippen LogP contribution in [0.25, 0.3) is 0 Å². The molecule has 3 N–H and O–H groups in total. The number of nitrogens with zero attached hydrogens (tertiary/aromatic N) is 1. The lowest BCUT2D eigenvalue weighted by Crippen LogP contribution is -2.14. The lowest BCUT2D eigenvalue weighted by atomic mass is 10.1. The molecule has 2 aromatic carbocycles. The van der Waals surface area contributed by atoms with Gasteiger partial charge in [0, 0.05) is 10.0 Å². The van der Waals surface area contributed by atoms with Crippen LogP contribution < -0.4 is 10.5 Å². The fourth-order valence-electron chi connectivity index (χ4n) is 1.69. The number of nitrogens with two attached hydrogens (primary N) is 1. The van der Waals surface area contributed by atoms with Crippen LogP contribution >= 0.6 is 23.2 Å². The second-order valence-corrected chi connectivity index (χ2v) is 5.01. The fraction of sp³-hybridized carbons (Fsp3) is 0.0714. The Morgan fingerprint density at radius 3 is 2.30 bits per heavy atom. The molecule has 0 heterocycles. The van der Waals surface area contributed by atoms with Crippen LogP contribution in [0.15, 0.2) is 41.6 Å². The summed E-state index contributed by atoms with van der Waals surface area (Å²) in [5.41, 5.74) is 6.90. The minimum Gasteiger partial charge on any atom is -0.456 e. The van der Waals surface area contributed by atoms with Gasteiger partial charge < -0.3 is 15.7 Å². The van der Waals surface area contributed by atoms with Crippen molar-refractivity contribution in [1.82, 2.24) is 0 Å². The van der Waals surface area contributed by atoms with Crippen molar-refractivity contribution in [2.75, 3.05) is 0 Å². The van der Waals surface area contributed by atoms with Gasteiger partial charge in [-0.15, -0.1) is 0 Å². The largest absolute Gasteiger partial charge is 0.456 e. The highest BCUT2D eigenvalue weighted by Crippen LogP contribution is 2.31. The third kappa shape index (κ3) is 3.15. The second-order valence-electron chi connectivity index (χ2n) is 4.14. The van der Waals surface area contributed by atoms with E-state index in [9.17, 15) is 0 Å². The Bertz CT molecular complexity index is 672. The number of hydrogen-bond donors (Lipinski definition) is 2. The molecule has 2 rings (SSSR count). The van der Waals surface area contributed by atoms with E-state index in [2.05, 4.69) is 5.16 Å². The minimum absolute atomic E-state index is 0.0749. The van der Waals surface area contributed by atoms with Crippen molar-refractivity contribution in [3.8, 4) is 11.5 Å². The molecule has 0 aromatic heterocycles. The molecular formula is C14H12Cl2N2O2. The molecule has 6 heteroatoms. The monoisotopic (exact) mass is 310 g/mol. The van der Waals surface area contributed by atoms with Gasteiger partial charge in [0.25, 0.3) is 0 Å². The summed E-state index contributed by atoms with van der Waals surface area (Å²) in [6.45, 7) is 1.88. The Kier molecular flexibility index (Phi) is 4.37. The molecule has 0 aliphatic rings. The van der Waals surface area contributed by atoms with Gasteiger partial charge in [-0.1, -0.05) is 28.4 Å². The second kappa shape index (κ2) is 6.03. The number of rotatable bonds is 3. The standard InChI is InChI=1S/C14H12Cl2N2O2/c1-8-6-9(15)2-4-12(8)20-13-5-3-10(16)7-11(13)14(17)18-19/h2-7,19H,1H3,(H2,17,18). The summed E-state index contributed by atoms with van der Waals surface area (Å²) in [6.07, 6.45) is 0. The van der Waals surface area contributed by atoms with Crippen molar-refractivity contribution in [2.45, 2.75) is 6.92 Å². The van der Waals surface area contributed by atoms with Crippen LogP contribution in [0.2, 0.25) is 10.0 Å². The van der Waals surface area contributed by atoms with E-state index in [-0.39, 0.29) is 5.84 Å². The first-order valence-electron chi connectivity index (χ1n) is 5.72. The van der Waals surface area contributed by atoms with Gasteiger partial charge in [0.15, 0.2) is 5.84 Å². The Labute approximate surface area is 126 Å². The number of oxime groups is 1. The normalized spacial score (nSPS) is 11.4. The lowest BCUT2D eigenvalue weighted by Gasteiger charge is -2.12. The van der Waals surface area contributed by atoms with Crippen LogP contribution in [0.3, 0.4) is 0 Å². The third-order valence-electron chi connectivity index (χ3n) is 2.68. The summed E-state index contributed by atoms with van der Waals surface area (Å²) in [5.74, 6) is 0.993. The number of aryl methyl sites for hydroxylation is 1. The molecule has 0 spiro atoms. The van der Waals surface area contributed by atoms with E-state index in [1.54, 1.807) is 36.4 Å². The molecule has 0 atom stereocenters. The first kappa shape index (κ1) is 14.5. The van der Waals surface area contributed by atoms with Crippen molar-refractivity contribution >= 4 is 29.0 Å². The summed E-state index contributed by atoms with van der Waals surface area (Å²) in [4.78, 5) is 0. The highest BCUT2D eigenvalue weighted by Gasteiger charge is 2.11. The average Bonchev–Trinajstić information content (AvgIpc) is 2.42. The van der Waals surface area contributed by atoms with E-state index in [0.29, 0.717) is 27.1 Å². The highest BCUT2D eigenvalue weighted by atomic mass is 35.5. The van der Waals surface area contributed by atoms with Crippen LogP contribution in [0.4, 0.5) is 0 Å². The van der Waals surface area contributed by atoms with Crippen LogP contribution in [0.1, 0.15) is 11.1 Å². The summed E-state index contributed by atoms with van der Waals surface area (Å²) >= 11 is 11.8. The maximum Gasteiger partial charge on any atom is 0.173 e. The fourth-order valence-corrected chi connectivity index (χ4v) is 2.09. The van der Waals surface area contributed by atoms with Gasteiger partial charge in [-0.05, 0) is 48.9 Å². The average molecular weight is 311 g/mol. The van der Waals surface area contributed by atoms with Crippen molar-refractivity contribution in [3.05, 3.63) is 57.6 Å². The molecule has 2 aromatic rings. The van der Waals surface area contributed by atoms with E-state index < -0.39 is 0 Å². The van der Waals surface area contributed by atoms with Gasteiger partial charge in [0.1, 0.15) is 11.5 Å². The van der Waals surface area contributed by atoms with E-state index >= 15 is 0 Å². The SMILES string of the molecule is Cc1cc(Cl)ccc1Oc1ccc(Cl)cc1C(N)=NO. The molecule has 104 valence electrons. The zero-order chi connectivity index (χ0) is 14.7. The highest BCUT2D eigenvalue weighted by molar-refractivity contribution is 6.31. The van der Waals surface area contributed by atoms with E-state index in [1.165, 1.54) is 0 Å². The number of benzene rings is 2. The molecule has 0 aliphatic carbocycles. The number of amidine groups is 1. The Morgan fingerprint density at radius 1 is 1.10 bits per heavy atom. The summed E-state index contributed by atoms with van der Waals surface area (Å²) in [5, 5.41) is 12.9. The topological polar surface area (TPSA) is 67.8 Å². The molecular weight excluding hydrogens is 299 g/mol. The third-order valence-corrected chi connectivity index (χ3v) is 3.15. The smallest absolute Gasteiger partial charge is 0.173 e. The van der Waals surface area contributed by atoms with E-state index in [4.69, 9.17) is 38.9 Å². The van der Waals surface area contributed by atoms with Gasteiger partial charge in [-0.2, -0.15) is 0 Å². The quantitative estimate of drug-likeness (QED) is 0.386. The summed E-state index contributed by atoms with van der Waals surface area (Å²) in [7, 11) is 0. The van der Waals surface area contributed by atoms with Crippen molar-refractivity contribution in [3.63, 3.8) is 0 Å². The maximum atomic E-state index is 8.81. The van der Waals surface area contributed by atoms with Crippen LogP contribution in [0.5, 0.6) is 11.5 Å². The molecule has 0 aliphatic heterocycles. The molecule has 20 heavy (non-hydrogen) atoms. The zero-order valence-corrected chi connectivity index (χ0v) is 12.1. The number of hydrogen-bond acceptors (Lipinski definition) is 3. The Morgan fingerprint density at radius 2 is 1.70 bits per heavy atom. The molecule has 0 amide bonds. The first-order chi connectivity index (χ1) is 9.51. The van der Waals surface area contributed by atoms with E-state index in [1.807, 2.05) is 6.92 Å². The Balaban J connectivity index is 2.43. The van der Waals surface area contributed by atoms with Crippen molar-refractivity contribution < 1.29 is 9.94 Å². The lowest BCUT2D eigenvalue weighted by molar-refractivity contribution is 0.318. The number of ether oxygens (including phenoxy) is 1.